The Balaban J connectivity index is 0. The molecule has 0 saturated carbocycles. The number of hydrogen-bond donors (Lipinski definition) is 2. The first-order valence-corrected chi connectivity index (χ1v) is 3.43. The molecule has 0 amide bonds. The van der Waals surface area contributed by atoms with Gasteiger partial charge in [0.15, 0.2) is 0 Å². The molecule has 0 aromatic heterocycles. The van der Waals surface area contributed by atoms with Gasteiger partial charge < -0.3 is 10.2 Å². The van der Waals surface area contributed by atoms with Crippen LogP contribution in [0.5, 0.6) is 0 Å². The minimum atomic E-state index is -1.23. The zero-order valence-corrected chi connectivity index (χ0v) is 8.53. The van der Waals surface area contributed by atoms with Crippen LogP contribution in [0.15, 0.2) is 11.6 Å². The van der Waals surface area contributed by atoms with Gasteiger partial charge in [0.25, 0.3) is 0 Å². The molecule has 0 aliphatic carbocycles. The van der Waals surface area contributed by atoms with Gasteiger partial charge >= 0.3 is 11.9 Å². The van der Waals surface area contributed by atoms with Crippen LogP contribution < -0.4 is 0 Å². The molecule has 4 nitrogen and oxygen atoms in total. The standard InChI is InChI=1S/C8H12O4.Cu/c1-8(2,3)5(7(11)12)4-6(9)10;/h4H,1-3H3,(H,9,10)(H,11,12);/b5-4+;. The summed E-state index contributed by atoms with van der Waals surface area (Å²) in [5, 5.41) is 17.0. The maximum absolute atomic E-state index is 10.6. The third kappa shape index (κ3) is 5.44. The monoisotopic (exact) mass is 235 g/mol. The van der Waals surface area contributed by atoms with E-state index < -0.39 is 17.4 Å². The molecule has 0 aromatic carbocycles. The topological polar surface area (TPSA) is 74.6 Å². The van der Waals surface area contributed by atoms with Crippen molar-refractivity contribution in [3.63, 3.8) is 0 Å². The maximum Gasteiger partial charge on any atom is 0.332 e. The van der Waals surface area contributed by atoms with Crippen molar-refractivity contribution in [1.29, 1.82) is 0 Å². The normalized spacial score (nSPS) is 11.8. The van der Waals surface area contributed by atoms with Crippen LogP contribution in [0.3, 0.4) is 0 Å². The van der Waals surface area contributed by atoms with Gasteiger partial charge in [-0.05, 0) is 5.41 Å². The Kier molecular flexibility index (Phi) is 5.71. The summed E-state index contributed by atoms with van der Waals surface area (Å²) < 4.78 is 0. The van der Waals surface area contributed by atoms with Crippen molar-refractivity contribution in [3.8, 4) is 0 Å². The molecule has 0 aliphatic rings. The van der Waals surface area contributed by atoms with Crippen molar-refractivity contribution in [3.05, 3.63) is 11.6 Å². The van der Waals surface area contributed by atoms with Crippen LogP contribution >= 0.6 is 0 Å². The van der Waals surface area contributed by atoms with Crippen LogP contribution in [0.4, 0.5) is 0 Å². The molecule has 0 aliphatic heterocycles. The van der Waals surface area contributed by atoms with Crippen molar-refractivity contribution in [1.82, 2.24) is 0 Å². The van der Waals surface area contributed by atoms with Crippen molar-refractivity contribution in [2.45, 2.75) is 20.8 Å². The predicted molar refractivity (Wildman–Crippen MR) is 42.8 cm³/mol. The first-order valence-electron chi connectivity index (χ1n) is 3.43. The fourth-order valence-corrected chi connectivity index (χ4v) is 0.723. The molecule has 1 radical (unpaired) electrons. The van der Waals surface area contributed by atoms with Gasteiger partial charge in [0, 0.05) is 28.7 Å². The molecule has 0 heterocycles. The molecular weight excluding hydrogens is 224 g/mol. The van der Waals surface area contributed by atoms with Crippen LogP contribution in [-0.4, -0.2) is 22.2 Å². The minimum Gasteiger partial charge on any atom is -0.478 e. The number of carboxylic acid groups (broad SMARTS) is 2. The van der Waals surface area contributed by atoms with E-state index in [0.29, 0.717) is 0 Å². The van der Waals surface area contributed by atoms with Gasteiger partial charge in [-0.1, -0.05) is 20.8 Å². The number of hydrogen-bond acceptors (Lipinski definition) is 2. The van der Waals surface area contributed by atoms with E-state index in [9.17, 15) is 9.59 Å². The summed E-state index contributed by atoms with van der Waals surface area (Å²) in [5.41, 5.74) is -0.750. The van der Waals surface area contributed by atoms with E-state index in [1.54, 1.807) is 20.8 Å². The second-order valence-electron chi connectivity index (χ2n) is 3.45. The third-order valence-electron chi connectivity index (χ3n) is 1.31. The van der Waals surface area contributed by atoms with Crippen LogP contribution in [0.2, 0.25) is 0 Å². The van der Waals surface area contributed by atoms with E-state index in [2.05, 4.69) is 0 Å². The molecule has 2 N–H and O–H groups in total. The molecule has 5 heteroatoms. The second-order valence-corrected chi connectivity index (χ2v) is 3.45. The van der Waals surface area contributed by atoms with Crippen LogP contribution in [0.1, 0.15) is 20.8 Å². The summed E-state index contributed by atoms with van der Waals surface area (Å²) in [5.74, 6) is -2.42. The van der Waals surface area contributed by atoms with Crippen molar-refractivity contribution < 1.29 is 36.9 Å². The second kappa shape index (κ2) is 5.04. The number of aliphatic carboxylic acids is 2. The molecule has 0 unspecified atom stereocenters. The number of carbonyl (C=O) groups is 2. The molecule has 0 saturated heterocycles. The zero-order valence-electron chi connectivity index (χ0n) is 7.59. The Hall–Kier alpha value is -0.801. The molecule has 0 bridgehead atoms. The van der Waals surface area contributed by atoms with Gasteiger partial charge in [0.05, 0.1) is 0 Å². The molecule has 0 fully saturated rings. The largest absolute Gasteiger partial charge is 0.478 e. The van der Waals surface area contributed by atoms with Crippen molar-refractivity contribution in [2.75, 3.05) is 0 Å². The summed E-state index contributed by atoms with van der Waals surface area (Å²) in [7, 11) is 0. The molecule has 0 aromatic rings. The summed E-state index contributed by atoms with van der Waals surface area (Å²) in [6.07, 6.45) is 0.725. The van der Waals surface area contributed by atoms with Gasteiger partial charge in [-0.25, -0.2) is 9.59 Å². The van der Waals surface area contributed by atoms with Gasteiger partial charge in [-0.3, -0.25) is 0 Å². The fraction of sp³-hybridized carbons (Fsp3) is 0.500. The van der Waals surface area contributed by atoms with Crippen molar-refractivity contribution in [2.24, 2.45) is 5.41 Å². The van der Waals surface area contributed by atoms with Gasteiger partial charge in [0.1, 0.15) is 0 Å². The van der Waals surface area contributed by atoms with E-state index in [0.717, 1.165) is 6.08 Å². The van der Waals surface area contributed by atoms with Gasteiger partial charge in [-0.2, -0.15) is 0 Å². The third-order valence-corrected chi connectivity index (χ3v) is 1.31. The number of carboxylic acids is 2. The Bertz CT molecular complexity index is 237. The molecule has 79 valence electrons. The summed E-state index contributed by atoms with van der Waals surface area (Å²) in [6, 6.07) is 0. The molecule has 0 rings (SSSR count). The predicted octanol–water partition coefficient (Wildman–Crippen LogP) is 1.13. The van der Waals surface area contributed by atoms with E-state index in [1.165, 1.54) is 0 Å². The van der Waals surface area contributed by atoms with Gasteiger partial charge in [0.2, 0.25) is 0 Å². The average Bonchev–Trinajstić information content (AvgIpc) is 1.79. The van der Waals surface area contributed by atoms with E-state index in [-0.39, 0.29) is 22.6 Å². The first kappa shape index (κ1) is 14.7. The Morgan fingerprint density at radius 3 is 1.62 bits per heavy atom. The smallest absolute Gasteiger partial charge is 0.332 e. The van der Waals surface area contributed by atoms with E-state index >= 15 is 0 Å². The first-order chi connectivity index (χ1) is 5.25. The summed E-state index contributed by atoms with van der Waals surface area (Å²) >= 11 is 0. The van der Waals surface area contributed by atoms with E-state index in [1.807, 2.05) is 0 Å². The Morgan fingerprint density at radius 1 is 1.15 bits per heavy atom. The molecule has 0 atom stereocenters. The summed E-state index contributed by atoms with van der Waals surface area (Å²) in [4.78, 5) is 20.8. The van der Waals surface area contributed by atoms with Gasteiger partial charge in [-0.15, -0.1) is 0 Å². The minimum absolute atomic E-state index is 0. The van der Waals surface area contributed by atoms with Crippen LogP contribution in [0.25, 0.3) is 0 Å². The molecule has 13 heavy (non-hydrogen) atoms. The van der Waals surface area contributed by atoms with Crippen molar-refractivity contribution >= 4 is 11.9 Å². The Morgan fingerprint density at radius 2 is 1.54 bits per heavy atom. The Labute approximate surface area is 87.1 Å². The zero-order chi connectivity index (χ0) is 9.94. The molecular formula is C8H12CuO4. The summed E-state index contributed by atoms with van der Waals surface area (Å²) in [6.45, 7) is 4.95. The maximum atomic E-state index is 10.6. The molecule has 0 spiro atoms. The fourth-order valence-electron chi connectivity index (χ4n) is 0.723. The van der Waals surface area contributed by atoms with E-state index in [4.69, 9.17) is 10.2 Å². The average molecular weight is 236 g/mol. The SMILES string of the molecule is CC(C)(C)/C(=C/C(=O)O)C(=O)O.[Cu]. The van der Waals surface area contributed by atoms with Crippen LogP contribution in [0, 0.1) is 5.41 Å². The van der Waals surface area contributed by atoms with Crippen LogP contribution in [-0.2, 0) is 26.7 Å². The quantitative estimate of drug-likeness (QED) is 0.556. The number of rotatable bonds is 2.